The number of hydrogen-bond donors (Lipinski definition) is 0. The second-order valence-electron chi connectivity index (χ2n) is 5.73. The third-order valence-electron chi connectivity index (χ3n) is 4.41. The SMILES string of the molecule is CCCCCN1CCN(C2CCN(I)CC2)CC1. The average molecular weight is 365 g/mol. The number of halogens is 1. The van der Waals surface area contributed by atoms with Crippen molar-refractivity contribution in [2.24, 2.45) is 0 Å². The first-order valence-electron chi connectivity index (χ1n) is 7.66. The standard InChI is InChI=1S/C14H28IN3/c1-2-3-4-7-16-10-12-17(13-11-16)14-5-8-18(15)9-6-14/h14H,2-13H2,1H3. The van der Waals surface area contributed by atoms with Crippen LogP contribution < -0.4 is 0 Å². The summed E-state index contributed by atoms with van der Waals surface area (Å²) in [6.07, 6.45) is 6.88. The molecule has 0 amide bonds. The summed E-state index contributed by atoms with van der Waals surface area (Å²) in [5, 5.41) is 0. The van der Waals surface area contributed by atoms with Gasteiger partial charge in [0.2, 0.25) is 0 Å². The fourth-order valence-corrected chi connectivity index (χ4v) is 3.69. The minimum Gasteiger partial charge on any atom is -0.301 e. The Morgan fingerprint density at radius 2 is 1.61 bits per heavy atom. The van der Waals surface area contributed by atoms with Gasteiger partial charge in [-0.05, 0) is 25.8 Å². The van der Waals surface area contributed by atoms with Gasteiger partial charge in [-0.3, -0.25) is 4.90 Å². The summed E-state index contributed by atoms with van der Waals surface area (Å²) < 4.78 is 2.44. The van der Waals surface area contributed by atoms with E-state index in [1.165, 1.54) is 77.9 Å². The van der Waals surface area contributed by atoms with Crippen LogP contribution in [0.1, 0.15) is 39.0 Å². The molecule has 0 unspecified atom stereocenters. The molecule has 0 radical (unpaired) electrons. The van der Waals surface area contributed by atoms with Crippen LogP contribution in [0.25, 0.3) is 0 Å². The smallest absolute Gasteiger partial charge is 0.0201 e. The van der Waals surface area contributed by atoms with Crippen molar-refractivity contribution in [3.05, 3.63) is 0 Å². The number of hydrogen-bond acceptors (Lipinski definition) is 3. The Balaban J connectivity index is 1.63. The summed E-state index contributed by atoms with van der Waals surface area (Å²) in [5.74, 6) is 0. The molecule has 3 nitrogen and oxygen atoms in total. The fraction of sp³-hybridized carbons (Fsp3) is 1.00. The minimum absolute atomic E-state index is 0.869. The highest BCUT2D eigenvalue weighted by Crippen LogP contribution is 2.20. The number of unbranched alkanes of at least 4 members (excludes halogenated alkanes) is 2. The number of rotatable bonds is 5. The van der Waals surface area contributed by atoms with E-state index >= 15 is 0 Å². The van der Waals surface area contributed by atoms with E-state index in [1.54, 1.807) is 0 Å². The van der Waals surface area contributed by atoms with Gasteiger partial charge < -0.3 is 4.90 Å². The largest absolute Gasteiger partial charge is 0.301 e. The first kappa shape index (κ1) is 15.0. The maximum absolute atomic E-state index is 2.75. The molecule has 2 rings (SSSR count). The summed E-state index contributed by atoms with van der Waals surface area (Å²) in [5.41, 5.74) is 0. The predicted octanol–water partition coefficient (Wildman–Crippen LogP) is 2.61. The molecule has 0 spiro atoms. The molecule has 0 aromatic rings. The molecule has 0 atom stereocenters. The lowest BCUT2D eigenvalue weighted by Gasteiger charge is -2.41. The second kappa shape index (κ2) is 8.02. The molecule has 2 heterocycles. The van der Waals surface area contributed by atoms with Crippen molar-refractivity contribution >= 4 is 22.9 Å². The zero-order valence-corrected chi connectivity index (χ0v) is 13.9. The molecule has 4 heteroatoms. The van der Waals surface area contributed by atoms with Crippen LogP contribution in [-0.4, -0.2) is 64.8 Å². The van der Waals surface area contributed by atoms with E-state index in [4.69, 9.17) is 0 Å². The summed E-state index contributed by atoms with van der Waals surface area (Å²) >= 11 is 2.47. The molecule has 0 aromatic carbocycles. The van der Waals surface area contributed by atoms with Gasteiger partial charge in [-0.25, -0.2) is 3.11 Å². The zero-order chi connectivity index (χ0) is 12.8. The minimum atomic E-state index is 0.869. The van der Waals surface area contributed by atoms with Gasteiger partial charge >= 0.3 is 0 Å². The third-order valence-corrected chi connectivity index (χ3v) is 5.38. The number of piperazine rings is 1. The topological polar surface area (TPSA) is 9.72 Å². The fourth-order valence-electron chi connectivity index (χ4n) is 3.14. The van der Waals surface area contributed by atoms with Crippen LogP contribution in [0.2, 0.25) is 0 Å². The highest BCUT2D eigenvalue weighted by molar-refractivity contribution is 14.1. The quantitative estimate of drug-likeness (QED) is 0.421. The lowest BCUT2D eigenvalue weighted by molar-refractivity contribution is 0.0749. The van der Waals surface area contributed by atoms with Crippen LogP contribution in [-0.2, 0) is 0 Å². The van der Waals surface area contributed by atoms with Gasteiger partial charge in [-0.2, -0.15) is 0 Å². The first-order chi connectivity index (χ1) is 8.79. The van der Waals surface area contributed by atoms with Crippen LogP contribution in [0.4, 0.5) is 0 Å². The lowest BCUT2D eigenvalue weighted by atomic mass is 10.0. The Morgan fingerprint density at radius 3 is 2.22 bits per heavy atom. The van der Waals surface area contributed by atoms with E-state index in [1.807, 2.05) is 0 Å². The number of piperidine rings is 1. The summed E-state index contributed by atoms with van der Waals surface area (Å²) in [4.78, 5) is 5.42. The van der Waals surface area contributed by atoms with Crippen molar-refractivity contribution in [3.8, 4) is 0 Å². The van der Waals surface area contributed by atoms with Crippen LogP contribution in [0, 0.1) is 0 Å². The molecule has 0 aliphatic carbocycles. The van der Waals surface area contributed by atoms with Crippen molar-refractivity contribution < 1.29 is 0 Å². The zero-order valence-electron chi connectivity index (χ0n) is 11.8. The molecule has 0 bridgehead atoms. The normalized spacial score (nSPS) is 25.7. The maximum Gasteiger partial charge on any atom is 0.0201 e. The summed E-state index contributed by atoms with van der Waals surface area (Å²) in [7, 11) is 0. The Hall–Kier alpha value is 0.610. The van der Waals surface area contributed by atoms with E-state index in [0.717, 1.165) is 6.04 Å². The third kappa shape index (κ3) is 4.62. The van der Waals surface area contributed by atoms with Crippen molar-refractivity contribution in [2.75, 3.05) is 45.8 Å². The van der Waals surface area contributed by atoms with Crippen molar-refractivity contribution in [1.82, 2.24) is 12.9 Å². The molecular formula is C14H28IN3. The average Bonchev–Trinajstić information content (AvgIpc) is 2.41. The van der Waals surface area contributed by atoms with E-state index in [9.17, 15) is 0 Å². The first-order valence-corrected chi connectivity index (χ1v) is 8.63. The summed E-state index contributed by atoms with van der Waals surface area (Å²) in [6.45, 7) is 11.4. The molecule has 106 valence electrons. The van der Waals surface area contributed by atoms with Gasteiger partial charge in [0.1, 0.15) is 0 Å². The van der Waals surface area contributed by atoms with Crippen LogP contribution >= 0.6 is 22.9 Å². The van der Waals surface area contributed by atoms with Gasteiger partial charge in [-0.1, -0.05) is 19.8 Å². The molecule has 0 saturated carbocycles. The van der Waals surface area contributed by atoms with E-state index in [-0.39, 0.29) is 0 Å². The maximum atomic E-state index is 2.75. The molecule has 2 aliphatic rings. The highest BCUT2D eigenvalue weighted by atomic mass is 127. The van der Waals surface area contributed by atoms with Crippen LogP contribution in [0.5, 0.6) is 0 Å². The highest BCUT2D eigenvalue weighted by Gasteiger charge is 2.26. The Morgan fingerprint density at radius 1 is 0.944 bits per heavy atom. The number of nitrogens with zero attached hydrogens (tertiary/aromatic N) is 3. The monoisotopic (exact) mass is 365 g/mol. The predicted molar refractivity (Wildman–Crippen MR) is 86.2 cm³/mol. The molecule has 2 fully saturated rings. The van der Waals surface area contributed by atoms with Gasteiger partial charge in [0.05, 0.1) is 0 Å². The molecular weight excluding hydrogens is 337 g/mol. The van der Waals surface area contributed by atoms with Crippen LogP contribution in [0.3, 0.4) is 0 Å². The molecule has 0 aromatic heterocycles. The Labute approximate surface area is 126 Å². The van der Waals surface area contributed by atoms with Gasteiger partial charge in [0, 0.05) is 68.2 Å². The Bertz CT molecular complexity index is 221. The second-order valence-corrected chi connectivity index (χ2v) is 7.09. The Kier molecular flexibility index (Phi) is 6.69. The van der Waals surface area contributed by atoms with E-state index < -0.39 is 0 Å². The molecule has 0 N–H and O–H groups in total. The molecule has 18 heavy (non-hydrogen) atoms. The van der Waals surface area contributed by atoms with Gasteiger partial charge in [0.15, 0.2) is 0 Å². The van der Waals surface area contributed by atoms with Crippen molar-refractivity contribution in [1.29, 1.82) is 0 Å². The summed E-state index contributed by atoms with van der Waals surface area (Å²) in [6, 6.07) is 0.869. The van der Waals surface area contributed by atoms with E-state index in [2.05, 4.69) is 42.7 Å². The van der Waals surface area contributed by atoms with Gasteiger partial charge in [0.25, 0.3) is 0 Å². The van der Waals surface area contributed by atoms with Crippen molar-refractivity contribution in [3.63, 3.8) is 0 Å². The van der Waals surface area contributed by atoms with Crippen LogP contribution in [0.15, 0.2) is 0 Å². The van der Waals surface area contributed by atoms with Gasteiger partial charge in [-0.15, -0.1) is 0 Å². The van der Waals surface area contributed by atoms with Crippen molar-refractivity contribution in [2.45, 2.75) is 45.1 Å². The molecule has 2 aliphatic heterocycles. The lowest BCUT2D eigenvalue weighted by Crippen LogP contribution is -2.52. The molecule has 2 saturated heterocycles. The van der Waals surface area contributed by atoms with E-state index in [0.29, 0.717) is 0 Å².